The lowest BCUT2D eigenvalue weighted by molar-refractivity contribution is 0.0570. The van der Waals surface area contributed by atoms with Crippen LogP contribution in [0, 0.1) is 6.92 Å². The minimum atomic E-state index is -0.276. The van der Waals surface area contributed by atoms with Gasteiger partial charge in [0, 0.05) is 24.3 Å². The van der Waals surface area contributed by atoms with Crippen LogP contribution in [0.15, 0.2) is 53.5 Å². The van der Waals surface area contributed by atoms with E-state index in [9.17, 15) is 4.79 Å². The minimum Gasteiger partial charge on any atom is -0.417 e. The molecule has 0 N–H and O–H groups in total. The summed E-state index contributed by atoms with van der Waals surface area (Å²) in [5, 5.41) is 10.5. The average molecular weight is 400 g/mol. The van der Waals surface area contributed by atoms with E-state index < -0.39 is 0 Å². The normalized spacial score (nSPS) is 16.7. The molecule has 30 heavy (non-hydrogen) atoms. The van der Waals surface area contributed by atoms with Gasteiger partial charge in [0.05, 0.1) is 11.3 Å². The highest BCUT2D eigenvalue weighted by molar-refractivity contribution is 5.95. The summed E-state index contributed by atoms with van der Waals surface area (Å²) < 4.78 is 6.05. The number of fused-ring (bicyclic) bond motifs is 1. The third-order valence-electron chi connectivity index (χ3n) is 5.51. The maximum absolute atomic E-state index is 13.2. The lowest BCUT2D eigenvalue weighted by Gasteiger charge is -2.33. The highest BCUT2D eigenvalue weighted by Crippen LogP contribution is 2.34. The topological polar surface area (TPSA) is 97.9 Å². The molecule has 8 nitrogen and oxygen atoms in total. The predicted molar refractivity (Wildman–Crippen MR) is 109 cm³/mol. The van der Waals surface area contributed by atoms with Crippen LogP contribution in [-0.2, 0) is 0 Å². The van der Waals surface area contributed by atoms with E-state index in [0.717, 1.165) is 30.0 Å². The number of rotatable bonds is 3. The largest absolute Gasteiger partial charge is 0.417 e. The Kier molecular flexibility index (Phi) is 4.66. The Morgan fingerprint density at radius 1 is 1.13 bits per heavy atom. The molecule has 0 bridgehead atoms. The summed E-state index contributed by atoms with van der Waals surface area (Å²) in [5.41, 5.74) is 1.80. The zero-order valence-corrected chi connectivity index (χ0v) is 16.5. The van der Waals surface area contributed by atoms with E-state index in [2.05, 4.69) is 25.1 Å². The van der Waals surface area contributed by atoms with Crippen molar-refractivity contribution >= 4 is 16.7 Å². The van der Waals surface area contributed by atoms with E-state index in [4.69, 9.17) is 4.42 Å². The molecule has 1 amide bonds. The third kappa shape index (κ3) is 3.20. The number of carbonyl (C=O) groups excluding carboxylic acids is 1. The number of aromatic nitrogens is 5. The van der Waals surface area contributed by atoms with Crippen molar-refractivity contribution in [3.8, 4) is 11.6 Å². The quantitative estimate of drug-likeness (QED) is 0.516. The molecule has 1 fully saturated rings. The molecule has 0 saturated carbocycles. The summed E-state index contributed by atoms with van der Waals surface area (Å²) in [7, 11) is 0. The Bertz CT molecular complexity index is 1220. The Hall–Kier alpha value is -3.68. The van der Waals surface area contributed by atoms with Crippen LogP contribution in [0.3, 0.4) is 0 Å². The second-order valence-corrected chi connectivity index (χ2v) is 7.36. The fraction of sp³-hybridized carbons (Fsp3) is 0.273. The number of nitrogens with zero attached hydrogens (tertiary/aromatic N) is 6. The summed E-state index contributed by atoms with van der Waals surface area (Å²) in [6.07, 6.45) is 7.43. The van der Waals surface area contributed by atoms with Gasteiger partial charge in [0.2, 0.25) is 5.89 Å². The number of aryl methyl sites for hydroxylation is 1. The molecular formula is C22H20N6O2. The molecule has 5 rings (SSSR count). The van der Waals surface area contributed by atoms with Crippen molar-refractivity contribution in [2.24, 2.45) is 0 Å². The predicted octanol–water partition coefficient (Wildman–Crippen LogP) is 3.75. The fourth-order valence-corrected chi connectivity index (χ4v) is 3.94. The molecule has 0 spiro atoms. The first-order valence-corrected chi connectivity index (χ1v) is 9.97. The summed E-state index contributed by atoms with van der Waals surface area (Å²) >= 11 is 0. The lowest BCUT2D eigenvalue weighted by Crippen LogP contribution is -2.39. The molecule has 1 atom stereocenters. The number of hydrogen-bond acceptors (Lipinski definition) is 7. The van der Waals surface area contributed by atoms with Crippen molar-refractivity contribution in [1.82, 2.24) is 30.0 Å². The summed E-state index contributed by atoms with van der Waals surface area (Å²) in [4.78, 5) is 27.6. The minimum absolute atomic E-state index is 0.110. The first kappa shape index (κ1) is 18.4. The van der Waals surface area contributed by atoms with E-state index >= 15 is 0 Å². The van der Waals surface area contributed by atoms with Crippen LogP contribution >= 0.6 is 0 Å². The Balaban J connectivity index is 1.50. The van der Waals surface area contributed by atoms with Crippen molar-refractivity contribution < 1.29 is 9.21 Å². The third-order valence-corrected chi connectivity index (χ3v) is 5.51. The van der Waals surface area contributed by atoms with Crippen LogP contribution in [-0.4, -0.2) is 42.5 Å². The van der Waals surface area contributed by atoms with Gasteiger partial charge in [-0.05, 0) is 37.6 Å². The van der Waals surface area contributed by atoms with E-state index in [1.807, 2.05) is 37.3 Å². The summed E-state index contributed by atoms with van der Waals surface area (Å²) in [6, 6.07) is 9.60. The molecule has 1 aliphatic heterocycles. The van der Waals surface area contributed by atoms with Crippen molar-refractivity contribution in [3.05, 3.63) is 66.2 Å². The molecule has 0 radical (unpaired) electrons. The maximum Gasteiger partial charge on any atom is 0.267 e. The number of piperidine rings is 1. The fourth-order valence-electron chi connectivity index (χ4n) is 3.94. The van der Waals surface area contributed by atoms with Crippen LogP contribution < -0.4 is 0 Å². The SMILES string of the molecule is Cc1ncncc1C(=O)N1CCCC[C@H]1c1nnc(-c2nccc3ccccc23)o1. The first-order chi connectivity index (χ1) is 14.7. The van der Waals surface area contributed by atoms with E-state index in [1.54, 1.807) is 17.3 Å². The smallest absolute Gasteiger partial charge is 0.267 e. The highest BCUT2D eigenvalue weighted by Gasteiger charge is 2.33. The monoisotopic (exact) mass is 400 g/mol. The van der Waals surface area contributed by atoms with E-state index in [-0.39, 0.29) is 11.9 Å². The molecule has 0 unspecified atom stereocenters. The van der Waals surface area contributed by atoms with Gasteiger partial charge in [0.1, 0.15) is 18.1 Å². The molecule has 4 aromatic rings. The molecule has 1 aromatic carbocycles. The highest BCUT2D eigenvalue weighted by atomic mass is 16.4. The Morgan fingerprint density at radius 3 is 2.93 bits per heavy atom. The first-order valence-electron chi connectivity index (χ1n) is 9.97. The van der Waals surface area contributed by atoms with Gasteiger partial charge in [-0.2, -0.15) is 0 Å². The van der Waals surface area contributed by atoms with Gasteiger partial charge in [-0.25, -0.2) is 9.97 Å². The Morgan fingerprint density at radius 2 is 2.03 bits per heavy atom. The van der Waals surface area contributed by atoms with Gasteiger partial charge in [0.25, 0.3) is 11.8 Å². The Labute approximate surface area is 173 Å². The van der Waals surface area contributed by atoms with Crippen LogP contribution in [0.25, 0.3) is 22.4 Å². The number of likely N-dealkylation sites (tertiary alicyclic amines) is 1. The zero-order valence-electron chi connectivity index (χ0n) is 16.5. The van der Waals surface area contributed by atoms with Gasteiger partial charge in [-0.15, -0.1) is 10.2 Å². The molecule has 3 aromatic heterocycles. The molecular weight excluding hydrogens is 380 g/mol. The van der Waals surface area contributed by atoms with Crippen molar-refractivity contribution in [1.29, 1.82) is 0 Å². The molecule has 8 heteroatoms. The van der Waals surface area contributed by atoms with Crippen LogP contribution in [0.2, 0.25) is 0 Å². The summed E-state index contributed by atoms with van der Waals surface area (Å²) in [5.74, 6) is 0.683. The number of hydrogen-bond donors (Lipinski definition) is 0. The second kappa shape index (κ2) is 7.62. The van der Waals surface area contributed by atoms with Gasteiger partial charge < -0.3 is 9.32 Å². The van der Waals surface area contributed by atoms with Crippen LogP contribution in [0.5, 0.6) is 0 Å². The molecule has 150 valence electrons. The van der Waals surface area contributed by atoms with Gasteiger partial charge in [0.15, 0.2) is 0 Å². The van der Waals surface area contributed by atoms with Gasteiger partial charge >= 0.3 is 0 Å². The number of benzene rings is 1. The molecule has 1 aliphatic rings. The number of pyridine rings is 1. The van der Waals surface area contributed by atoms with Crippen LogP contribution in [0.4, 0.5) is 0 Å². The van der Waals surface area contributed by atoms with E-state index in [1.165, 1.54) is 6.33 Å². The van der Waals surface area contributed by atoms with Crippen molar-refractivity contribution in [3.63, 3.8) is 0 Å². The van der Waals surface area contributed by atoms with Gasteiger partial charge in [-0.1, -0.05) is 24.3 Å². The van der Waals surface area contributed by atoms with Crippen LogP contribution in [0.1, 0.15) is 47.2 Å². The van der Waals surface area contributed by atoms with Crippen molar-refractivity contribution in [2.75, 3.05) is 6.54 Å². The van der Waals surface area contributed by atoms with Gasteiger partial charge in [-0.3, -0.25) is 9.78 Å². The standard InChI is InChI=1S/C22H20N6O2/c1-14-17(12-23-13-25-14)22(29)28-11-5-4-8-18(28)20-26-27-21(30-20)19-16-7-3-2-6-15(16)9-10-24-19/h2-3,6-7,9-10,12-13,18H,4-5,8,11H2,1H3/t18-/m0/s1. The van der Waals surface area contributed by atoms with Crippen molar-refractivity contribution in [2.45, 2.75) is 32.2 Å². The molecule has 0 aliphatic carbocycles. The maximum atomic E-state index is 13.2. The number of carbonyl (C=O) groups is 1. The second-order valence-electron chi connectivity index (χ2n) is 7.36. The summed E-state index contributed by atoms with van der Waals surface area (Å²) in [6.45, 7) is 2.44. The van der Waals surface area contributed by atoms with E-state index in [0.29, 0.717) is 35.3 Å². The molecule has 1 saturated heterocycles. The molecule has 4 heterocycles. The lowest BCUT2D eigenvalue weighted by atomic mass is 10.0. The number of amides is 1. The average Bonchev–Trinajstić information content (AvgIpc) is 3.28. The zero-order chi connectivity index (χ0) is 20.5.